The van der Waals surface area contributed by atoms with Crippen molar-refractivity contribution in [1.82, 2.24) is 20.2 Å². The van der Waals surface area contributed by atoms with E-state index in [1.54, 1.807) is 12.5 Å². The lowest BCUT2D eigenvalue weighted by Crippen LogP contribution is -2.44. The van der Waals surface area contributed by atoms with E-state index < -0.39 is 0 Å². The van der Waals surface area contributed by atoms with Crippen molar-refractivity contribution >= 4 is 36.6 Å². The van der Waals surface area contributed by atoms with Gasteiger partial charge in [-0.2, -0.15) is 4.98 Å². The Bertz CT molecular complexity index is 736. The molecular formula is C19H30Cl2N6O. The first-order chi connectivity index (χ1) is 12.7. The highest BCUT2D eigenvalue weighted by atomic mass is 35.5. The Morgan fingerprint density at radius 3 is 2.68 bits per heavy atom. The van der Waals surface area contributed by atoms with Crippen LogP contribution in [0, 0.1) is 0 Å². The fraction of sp³-hybridized carbons (Fsp3) is 0.579. The molecule has 0 radical (unpaired) electrons. The largest absolute Gasteiger partial charge is 0.472 e. The minimum absolute atomic E-state index is 0. The van der Waals surface area contributed by atoms with Gasteiger partial charge in [-0.15, -0.1) is 24.8 Å². The highest BCUT2D eigenvalue weighted by molar-refractivity contribution is 5.85. The monoisotopic (exact) mass is 428 g/mol. The van der Waals surface area contributed by atoms with Crippen LogP contribution in [0.3, 0.4) is 0 Å². The van der Waals surface area contributed by atoms with Crippen molar-refractivity contribution in [3.05, 3.63) is 35.4 Å². The maximum absolute atomic E-state index is 6.03. The van der Waals surface area contributed by atoms with Gasteiger partial charge in [-0.25, -0.2) is 4.98 Å². The van der Waals surface area contributed by atoms with Crippen molar-refractivity contribution in [1.29, 1.82) is 0 Å². The van der Waals surface area contributed by atoms with E-state index in [1.165, 1.54) is 18.4 Å². The van der Waals surface area contributed by atoms with E-state index in [9.17, 15) is 0 Å². The normalized spacial score (nSPS) is 17.8. The number of hydrogen-bond acceptors (Lipinski definition) is 7. The molecule has 156 valence electrons. The van der Waals surface area contributed by atoms with Crippen molar-refractivity contribution in [3.63, 3.8) is 0 Å². The lowest BCUT2D eigenvalue weighted by Gasteiger charge is -2.33. The lowest BCUT2D eigenvalue weighted by molar-refractivity contribution is 0.169. The van der Waals surface area contributed by atoms with Gasteiger partial charge in [-0.3, -0.25) is 4.90 Å². The van der Waals surface area contributed by atoms with Gasteiger partial charge in [0.1, 0.15) is 5.82 Å². The van der Waals surface area contributed by atoms with Gasteiger partial charge < -0.3 is 20.4 Å². The van der Waals surface area contributed by atoms with Crippen molar-refractivity contribution in [3.8, 4) is 0 Å². The molecule has 2 aromatic heterocycles. The van der Waals surface area contributed by atoms with Crippen molar-refractivity contribution < 1.29 is 4.42 Å². The molecule has 1 fully saturated rings. The SMILES string of the molecule is CN(Cc1ccoc1)c1nc(N)nc2c1CCN(C1CCNCC1)CC2.Cl.Cl. The molecule has 0 aliphatic carbocycles. The van der Waals surface area contributed by atoms with Crippen LogP contribution in [0.4, 0.5) is 11.8 Å². The number of furan rings is 1. The Morgan fingerprint density at radius 1 is 1.21 bits per heavy atom. The van der Waals surface area contributed by atoms with E-state index in [0.717, 1.165) is 62.6 Å². The molecule has 0 bridgehead atoms. The number of rotatable bonds is 4. The molecule has 2 aliphatic heterocycles. The van der Waals surface area contributed by atoms with Gasteiger partial charge in [0.25, 0.3) is 0 Å². The number of piperidine rings is 1. The van der Waals surface area contributed by atoms with Crippen molar-refractivity contribution in [2.75, 3.05) is 43.9 Å². The van der Waals surface area contributed by atoms with Crippen LogP contribution in [0.25, 0.3) is 0 Å². The number of nitrogens with one attached hydrogen (secondary N) is 1. The summed E-state index contributed by atoms with van der Waals surface area (Å²) in [6.07, 6.45) is 7.87. The molecule has 1 saturated heterocycles. The minimum atomic E-state index is 0. The number of nitrogens with zero attached hydrogens (tertiary/aromatic N) is 4. The number of anilines is 2. The van der Waals surface area contributed by atoms with E-state index in [1.807, 2.05) is 6.07 Å². The molecule has 4 rings (SSSR count). The first kappa shape index (κ1) is 22.7. The molecule has 0 atom stereocenters. The van der Waals surface area contributed by atoms with Crippen LogP contribution < -0.4 is 16.0 Å². The molecule has 2 aromatic rings. The highest BCUT2D eigenvalue weighted by Gasteiger charge is 2.26. The molecule has 0 amide bonds. The molecule has 3 N–H and O–H groups in total. The summed E-state index contributed by atoms with van der Waals surface area (Å²) in [4.78, 5) is 13.9. The highest BCUT2D eigenvalue weighted by Crippen LogP contribution is 2.27. The molecule has 28 heavy (non-hydrogen) atoms. The van der Waals surface area contributed by atoms with Crippen LogP contribution >= 0.6 is 24.8 Å². The van der Waals surface area contributed by atoms with Gasteiger partial charge in [-0.05, 0) is 38.4 Å². The summed E-state index contributed by atoms with van der Waals surface area (Å²) >= 11 is 0. The van der Waals surface area contributed by atoms with Crippen LogP contribution in [0.1, 0.15) is 29.7 Å². The molecule has 0 aromatic carbocycles. The second kappa shape index (κ2) is 10.3. The van der Waals surface area contributed by atoms with Crippen molar-refractivity contribution in [2.45, 2.75) is 38.3 Å². The third-order valence-electron chi connectivity index (χ3n) is 5.56. The molecule has 0 saturated carbocycles. The topological polar surface area (TPSA) is 83.5 Å². The number of halogens is 2. The summed E-state index contributed by atoms with van der Waals surface area (Å²) < 4.78 is 5.19. The summed E-state index contributed by atoms with van der Waals surface area (Å²) in [5.74, 6) is 1.33. The van der Waals surface area contributed by atoms with Gasteiger partial charge in [0, 0.05) is 50.3 Å². The number of nitrogen functional groups attached to an aromatic ring is 1. The van der Waals surface area contributed by atoms with Crippen LogP contribution in [0.5, 0.6) is 0 Å². The fourth-order valence-electron chi connectivity index (χ4n) is 4.20. The van der Waals surface area contributed by atoms with Gasteiger partial charge >= 0.3 is 0 Å². The molecule has 4 heterocycles. The first-order valence-electron chi connectivity index (χ1n) is 9.53. The third kappa shape index (κ3) is 5.08. The zero-order valence-electron chi connectivity index (χ0n) is 16.3. The number of aromatic nitrogens is 2. The van der Waals surface area contributed by atoms with E-state index >= 15 is 0 Å². The Labute approximate surface area is 178 Å². The summed E-state index contributed by atoms with van der Waals surface area (Å²) in [7, 11) is 2.06. The zero-order chi connectivity index (χ0) is 17.9. The Hall–Kier alpha value is -1.54. The van der Waals surface area contributed by atoms with E-state index in [0.29, 0.717) is 12.0 Å². The van der Waals surface area contributed by atoms with Gasteiger partial charge in [-0.1, -0.05) is 0 Å². The number of nitrogens with two attached hydrogens (primary N) is 1. The summed E-state index contributed by atoms with van der Waals surface area (Å²) in [5, 5.41) is 3.46. The molecule has 7 nitrogen and oxygen atoms in total. The van der Waals surface area contributed by atoms with E-state index in [-0.39, 0.29) is 24.8 Å². The Morgan fingerprint density at radius 2 is 1.96 bits per heavy atom. The third-order valence-corrected chi connectivity index (χ3v) is 5.56. The molecule has 0 spiro atoms. The predicted molar refractivity (Wildman–Crippen MR) is 117 cm³/mol. The van der Waals surface area contributed by atoms with Gasteiger partial charge in [0.2, 0.25) is 5.95 Å². The van der Waals surface area contributed by atoms with Crippen LogP contribution in [0.15, 0.2) is 23.0 Å². The van der Waals surface area contributed by atoms with Crippen molar-refractivity contribution in [2.24, 2.45) is 0 Å². The minimum Gasteiger partial charge on any atom is -0.472 e. The predicted octanol–water partition coefficient (Wildman–Crippen LogP) is 2.28. The smallest absolute Gasteiger partial charge is 0.222 e. The quantitative estimate of drug-likeness (QED) is 0.772. The fourth-order valence-corrected chi connectivity index (χ4v) is 4.20. The summed E-state index contributed by atoms with van der Waals surface area (Å²) in [6, 6.07) is 2.67. The Balaban J connectivity index is 0.00000140. The maximum atomic E-state index is 6.03. The van der Waals surface area contributed by atoms with E-state index in [2.05, 4.69) is 32.1 Å². The summed E-state index contributed by atoms with van der Waals surface area (Å²) in [5.41, 5.74) is 9.53. The molecule has 0 unspecified atom stereocenters. The second-order valence-electron chi connectivity index (χ2n) is 7.34. The average Bonchev–Trinajstić information content (AvgIpc) is 3.07. The van der Waals surface area contributed by atoms with Gasteiger partial charge in [0.05, 0.1) is 18.2 Å². The van der Waals surface area contributed by atoms with Crippen LogP contribution in [-0.2, 0) is 19.4 Å². The number of fused-ring (bicyclic) bond motifs is 1. The zero-order valence-corrected chi connectivity index (χ0v) is 17.9. The van der Waals surface area contributed by atoms with E-state index in [4.69, 9.17) is 10.2 Å². The average molecular weight is 429 g/mol. The summed E-state index contributed by atoms with van der Waals surface area (Å²) in [6.45, 7) is 5.12. The second-order valence-corrected chi connectivity index (χ2v) is 7.34. The first-order valence-corrected chi connectivity index (χ1v) is 9.53. The van der Waals surface area contributed by atoms with Crippen LogP contribution in [0.2, 0.25) is 0 Å². The standard InChI is InChI=1S/C19H28N6O.2ClH/c1-24(12-14-6-11-26-13-14)18-16-4-9-25(15-2-7-21-8-3-15)10-5-17(16)22-19(20)23-18;;/h6,11,13,15,21H,2-5,7-10,12H2,1H3,(H2,20,22,23);2*1H. The molecular weight excluding hydrogens is 399 g/mol. The molecule has 9 heteroatoms. The number of hydrogen-bond donors (Lipinski definition) is 2. The van der Waals surface area contributed by atoms with Crippen LogP contribution in [-0.4, -0.2) is 54.1 Å². The maximum Gasteiger partial charge on any atom is 0.222 e. The molecule has 2 aliphatic rings. The Kier molecular flexibility index (Phi) is 8.37. The van der Waals surface area contributed by atoms with Gasteiger partial charge in [0.15, 0.2) is 0 Å². The lowest BCUT2D eigenvalue weighted by atomic mass is 10.0.